The minimum absolute atomic E-state index is 0.109. The van der Waals surface area contributed by atoms with Gasteiger partial charge in [0.25, 0.3) is 5.91 Å². The molecule has 0 aromatic heterocycles. The zero-order valence-electron chi connectivity index (χ0n) is 11.1. The highest BCUT2D eigenvalue weighted by atomic mass is 32.2. The van der Waals surface area contributed by atoms with E-state index < -0.39 is 0 Å². The molecule has 4 heteroatoms. The molecule has 0 radical (unpaired) electrons. The molecule has 0 bridgehead atoms. The van der Waals surface area contributed by atoms with Crippen LogP contribution in [0, 0.1) is 0 Å². The van der Waals surface area contributed by atoms with Crippen molar-refractivity contribution in [1.82, 2.24) is 5.32 Å². The summed E-state index contributed by atoms with van der Waals surface area (Å²) >= 11 is 1.98. The van der Waals surface area contributed by atoms with Gasteiger partial charge in [0.1, 0.15) is 0 Å². The van der Waals surface area contributed by atoms with E-state index in [9.17, 15) is 4.79 Å². The number of amides is 1. The molecule has 0 spiro atoms. The number of hydrogen-bond acceptors (Lipinski definition) is 3. The van der Waals surface area contributed by atoms with Gasteiger partial charge in [0, 0.05) is 23.8 Å². The first kappa shape index (κ1) is 12.9. The van der Waals surface area contributed by atoms with Gasteiger partial charge in [0.2, 0.25) is 0 Å². The number of hydrogen-bond donors (Lipinski definition) is 2. The molecule has 1 aromatic carbocycles. The van der Waals surface area contributed by atoms with Gasteiger partial charge >= 0.3 is 0 Å². The van der Waals surface area contributed by atoms with Gasteiger partial charge in [-0.1, -0.05) is 6.07 Å². The van der Waals surface area contributed by atoms with Gasteiger partial charge in [-0.3, -0.25) is 4.79 Å². The zero-order chi connectivity index (χ0) is 13.1. The van der Waals surface area contributed by atoms with Gasteiger partial charge in [-0.25, -0.2) is 0 Å². The summed E-state index contributed by atoms with van der Waals surface area (Å²) in [6, 6.07) is 6.37. The summed E-state index contributed by atoms with van der Waals surface area (Å²) in [6.07, 6.45) is 4.32. The van der Waals surface area contributed by atoms with E-state index in [0.717, 1.165) is 43.5 Å². The first-order chi connectivity index (χ1) is 9.34. The fourth-order valence-electron chi connectivity index (χ4n) is 2.83. The van der Waals surface area contributed by atoms with E-state index in [-0.39, 0.29) is 5.91 Å². The lowest BCUT2D eigenvalue weighted by atomic mass is 9.97. The average Bonchev–Trinajstić information content (AvgIpc) is 2.47. The van der Waals surface area contributed by atoms with Crippen LogP contribution in [0.15, 0.2) is 18.2 Å². The number of thioether (sulfide) groups is 1. The van der Waals surface area contributed by atoms with E-state index >= 15 is 0 Å². The Morgan fingerprint density at radius 3 is 3.00 bits per heavy atom. The van der Waals surface area contributed by atoms with Gasteiger partial charge < -0.3 is 10.6 Å². The summed E-state index contributed by atoms with van der Waals surface area (Å²) in [4.78, 5) is 12.4. The highest BCUT2D eigenvalue weighted by Crippen LogP contribution is 2.25. The Morgan fingerprint density at radius 1 is 1.32 bits per heavy atom. The van der Waals surface area contributed by atoms with E-state index in [2.05, 4.69) is 16.7 Å². The molecule has 3 nitrogen and oxygen atoms in total. The molecule has 1 fully saturated rings. The van der Waals surface area contributed by atoms with Crippen molar-refractivity contribution in [2.75, 3.05) is 23.4 Å². The van der Waals surface area contributed by atoms with Gasteiger partial charge in [0.05, 0.1) is 0 Å². The summed E-state index contributed by atoms with van der Waals surface area (Å²) in [5.41, 5.74) is 3.19. The second kappa shape index (κ2) is 5.87. The fourth-order valence-corrected chi connectivity index (χ4v) is 3.93. The van der Waals surface area contributed by atoms with E-state index in [0.29, 0.717) is 6.04 Å². The van der Waals surface area contributed by atoms with Crippen LogP contribution in [0.5, 0.6) is 0 Å². The van der Waals surface area contributed by atoms with Crippen LogP contribution in [0.1, 0.15) is 35.2 Å². The summed E-state index contributed by atoms with van der Waals surface area (Å²) in [6.45, 7) is 1.01. The number of carbonyl (C=O) groups excluding carboxylic acids is 1. The lowest BCUT2D eigenvalue weighted by Gasteiger charge is -2.25. The van der Waals surface area contributed by atoms with Crippen molar-refractivity contribution in [2.45, 2.75) is 31.7 Å². The molecule has 1 aromatic rings. The van der Waals surface area contributed by atoms with Crippen molar-refractivity contribution < 1.29 is 4.79 Å². The standard InChI is InChI=1S/C15H20N2OS/c18-15(17-11-6-9-19-10-7-11)13-3-1-5-14-12(13)4-2-8-16-14/h1,3,5,11,16H,2,4,6-10H2,(H,17,18). The smallest absolute Gasteiger partial charge is 0.251 e. The number of nitrogens with one attached hydrogen (secondary N) is 2. The van der Waals surface area contributed by atoms with Crippen molar-refractivity contribution >= 4 is 23.4 Å². The van der Waals surface area contributed by atoms with E-state index in [4.69, 9.17) is 0 Å². The Labute approximate surface area is 118 Å². The Bertz CT molecular complexity index is 469. The molecule has 0 unspecified atom stereocenters. The largest absolute Gasteiger partial charge is 0.385 e. The maximum absolute atomic E-state index is 12.4. The fraction of sp³-hybridized carbons (Fsp3) is 0.533. The van der Waals surface area contributed by atoms with E-state index in [1.165, 1.54) is 17.1 Å². The van der Waals surface area contributed by atoms with Crippen molar-refractivity contribution in [3.63, 3.8) is 0 Å². The molecule has 1 amide bonds. The first-order valence-electron chi connectivity index (χ1n) is 7.09. The van der Waals surface area contributed by atoms with Crippen LogP contribution in [0.3, 0.4) is 0 Å². The molecule has 0 aliphatic carbocycles. The van der Waals surface area contributed by atoms with Crippen LogP contribution in [0.2, 0.25) is 0 Å². The van der Waals surface area contributed by atoms with Crippen LogP contribution < -0.4 is 10.6 Å². The van der Waals surface area contributed by atoms with Gasteiger partial charge in [-0.15, -0.1) is 0 Å². The van der Waals surface area contributed by atoms with E-state index in [1.807, 2.05) is 23.9 Å². The van der Waals surface area contributed by atoms with E-state index in [1.54, 1.807) is 0 Å². The Balaban J connectivity index is 1.75. The summed E-state index contributed by atoms with van der Waals surface area (Å²) in [5, 5.41) is 6.58. The van der Waals surface area contributed by atoms with Crippen molar-refractivity contribution in [2.24, 2.45) is 0 Å². The monoisotopic (exact) mass is 276 g/mol. The predicted octanol–water partition coefficient (Wildman–Crippen LogP) is 2.67. The molecule has 1 saturated heterocycles. The van der Waals surface area contributed by atoms with Crippen LogP contribution >= 0.6 is 11.8 Å². The third kappa shape index (κ3) is 2.89. The summed E-state index contributed by atoms with van der Waals surface area (Å²) < 4.78 is 0. The minimum atomic E-state index is 0.109. The zero-order valence-corrected chi connectivity index (χ0v) is 11.9. The Hall–Kier alpha value is -1.16. The maximum Gasteiger partial charge on any atom is 0.251 e. The molecule has 2 aliphatic rings. The highest BCUT2D eigenvalue weighted by Gasteiger charge is 2.21. The van der Waals surface area contributed by atoms with Crippen molar-refractivity contribution in [3.8, 4) is 0 Å². The third-order valence-corrected chi connectivity index (χ3v) is 4.94. The first-order valence-corrected chi connectivity index (χ1v) is 8.24. The lowest BCUT2D eigenvalue weighted by Crippen LogP contribution is -2.38. The number of carbonyl (C=O) groups is 1. The quantitative estimate of drug-likeness (QED) is 0.872. The van der Waals surface area contributed by atoms with Crippen LogP contribution in [0.25, 0.3) is 0 Å². The van der Waals surface area contributed by atoms with Crippen LogP contribution in [0.4, 0.5) is 5.69 Å². The average molecular weight is 276 g/mol. The minimum Gasteiger partial charge on any atom is -0.385 e. The van der Waals surface area contributed by atoms with Gasteiger partial charge in [0.15, 0.2) is 0 Å². The lowest BCUT2D eigenvalue weighted by molar-refractivity contribution is 0.0934. The molecule has 3 rings (SSSR count). The molecule has 0 saturated carbocycles. The molecule has 0 atom stereocenters. The second-order valence-corrected chi connectivity index (χ2v) is 6.45. The number of benzene rings is 1. The van der Waals surface area contributed by atoms with Crippen molar-refractivity contribution in [3.05, 3.63) is 29.3 Å². The SMILES string of the molecule is O=C(NC1CCSCC1)c1cccc2c1CCCN2. The topological polar surface area (TPSA) is 41.1 Å². The van der Waals surface area contributed by atoms with Gasteiger partial charge in [-0.2, -0.15) is 11.8 Å². The maximum atomic E-state index is 12.4. The molecule has 102 valence electrons. The second-order valence-electron chi connectivity index (χ2n) is 5.22. The molecular weight excluding hydrogens is 256 g/mol. The van der Waals surface area contributed by atoms with Gasteiger partial charge in [-0.05, 0) is 54.9 Å². The predicted molar refractivity (Wildman–Crippen MR) is 81.1 cm³/mol. The normalized spacial score (nSPS) is 19.4. The molecule has 2 heterocycles. The van der Waals surface area contributed by atoms with Crippen molar-refractivity contribution in [1.29, 1.82) is 0 Å². The molecule has 2 N–H and O–H groups in total. The van der Waals surface area contributed by atoms with Crippen LogP contribution in [-0.4, -0.2) is 30.0 Å². The summed E-state index contributed by atoms with van der Waals surface area (Å²) in [5.74, 6) is 2.44. The summed E-state index contributed by atoms with van der Waals surface area (Å²) in [7, 11) is 0. The highest BCUT2D eigenvalue weighted by molar-refractivity contribution is 7.99. The van der Waals surface area contributed by atoms with Crippen LogP contribution in [-0.2, 0) is 6.42 Å². The molecule has 19 heavy (non-hydrogen) atoms. The number of rotatable bonds is 2. The Morgan fingerprint density at radius 2 is 2.16 bits per heavy atom. The third-order valence-electron chi connectivity index (χ3n) is 3.90. The Kier molecular flexibility index (Phi) is 3.97. The molecular formula is C15H20N2OS. The number of fused-ring (bicyclic) bond motifs is 1. The molecule has 2 aliphatic heterocycles. The number of anilines is 1.